The fourth-order valence-corrected chi connectivity index (χ4v) is 4.25. The zero-order chi connectivity index (χ0) is 20.4. The Labute approximate surface area is 172 Å². The molecule has 1 aromatic carbocycles. The second-order valence-corrected chi connectivity index (χ2v) is 8.29. The molecule has 1 aliphatic heterocycles. The van der Waals surface area contributed by atoms with Crippen molar-refractivity contribution in [3.63, 3.8) is 0 Å². The topological polar surface area (TPSA) is 89.3 Å². The zero-order valence-corrected chi connectivity index (χ0v) is 17.2. The Hall–Kier alpha value is -2.94. The van der Waals surface area contributed by atoms with Crippen molar-refractivity contribution in [2.45, 2.75) is 26.3 Å². The van der Waals surface area contributed by atoms with E-state index in [0.717, 1.165) is 47.7 Å². The summed E-state index contributed by atoms with van der Waals surface area (Å²) in [5.74, 6) is 1.84. The number of ether oxygens (including phenoxy) is 1. The van der Waals surface area contributed by atoms with E-state index in [4.69, 9.17) is 4.74 Å². The van der Waals surface area contributed by atoms with Crippen LogP contribution in [0.15, 0.2) is 35.1 Å². The van der Waals surface area contributed by atoms with Crippen LogP contribution in [0.3, 0.4) is 0 Å². The van der Waals surface area contributed by atoms with Crippen LogP contribution in [0.5, 0.6) is 5.75 Å². The lowest BCUT2D eigenvalue weighted by Crippen LogP contribution is -2.36. The third kappa shape index (κ3) is 4.40. The first-order chi connectivity index (χ1) is 14.0. The number of aromatic nitrogens is 3. The summed E-state index contributed by atoms with van der Waals surface area (Å²) in [5, 5.41) is 7.65. The Balaban J connectivity index is 1.46. The minimum absolute atomic E-state index is 0.157. The van der Waals surface area contributed by atoms with Crippen LogP contribution in [0.4, 0.5) is 10.9 Å². The van der Waals surface area contributed by atoms with Crippen LogP contribution in [0.25, 0.3) is 10.2 Å². The van der Waals surface area contributed by atoms with Gasteiger partial charge in [0.2, 0.25) is 5.91 Å². The van der Waals surface area contributed by atoms with Gasteiger partial charge in [-0.1, -0.05) is 18.3 Å². The fraction of sp³-hybridized carbons (Fsp3) is 0.400. The summed E-state index contributed by atoms with van der Waals surface area (Å²) >= 11 is 1.36. The van der Waals surface area contributed by atoms with Crippen LogP contribution in [-0.4, -0.2) is 40.9 Å². The third-order valence-electron chi connectivity index (χ3n) is 5.10. The fourth-order valence-electron chi connectivity index (χ4n) is 3.34. The second-order valence-electron chi connectivity index (χ2n) is 7.26. The van der Waals surface area contributed by atoms with E-state index in [0.29, 0.717) is 11.0 Å². The summed E-state index contributed by atoms with van der Waals surface area (Å²) in [4.78, 5) is 31.2. The summed E-state index contributed by atoms with van der Waals surface area (Å²) in [6.45, 7) is 3.91. The number of hydrogen-bond acceptors (Lipinski definition) is 7. The van der Waals surface area contributed by atoms with E-state index in [1.54, 1.807) is 13.2 Å². The molecule has 3 heterocycles. The molecule has 152 valence electrons. The lowest BCUT2D eigenvalue weighted by molar-refractivity contribution is -0.117. The van der Waals surface area contributed by atoms with Gasteiger partial charge in [0.05, 0.1) is 17.3 Å². The normalized spacial score (nSPS) is 14.9. The number of methoxy groups -OCH3 is 1. The number of hydrogen-bond donors (Lipinski definition) is 1. The Kier molecular flexibility index (Phi) is 5.48. The molecule has 0 radical (unpaired) electrons. The van der Waals surface area contributed by atoms with E-state index in [-0.39, 0.29) is 18.0 Å². The Bertz CT molecular complexity index is 1090. The van der Waals surface area contributed by atoms with Crippen LogP contribution < -0.4 is 20.5 Å². The van der Waals surface area contributed by atoms with Crippen molar-refractivity contribution in [1.29, 1.82) is 0 Å². The first kappa shape index (κ1) is 19.4. The maximum atomic E-state index is 12.5. The van der Waals surface area contributed by atoms with Crippen molar-refractivity contribution in [3.8, 4) is 5.75 Å². The Morgan fingerprint density at radius 1 is 1.28 bits per heavy atom. The number of amides is 1. The van der Waals surface area contributed by atoms with Gasteiger partial charge in [-0.2, -0.15) is 5.10 Å². The molecule has 9 heteroatoms. The maximum absolute atomic E-state index is 12.5. The van der Waals surface area contributed by atoms with Gasteiger partial charge in [-0.05, 0) is 43.0 Å². The Morgan fingerprint density at radius 2 is 2.07 bits per heavy atom. The largest absolute Gasteiger partial charge is 0.497 e. The monoisotopic (exact) mass is 413 g/mol. The molecular formula is C20H23N5O3S. The van der Waals surface area contributed by atoms with E-state index < -0.39 is 0 Å². The van der Waals surface area contributed by atoms with Gasteiger partial charge < -0.3 is 15.0 Å². The van der Waals surface area contributed by atoms with Crippen LogP contribution in [-0.2, 0) is 11.3 Å². The first-order valence-corrected chi connectivity index (χ1v) is 10.4. The average Bonchev–Trinajstić information content (AvgIpc) is 3.11. The molecule has 0 unspecified atom stereocenters. The molecule has 2 aromatic heterocycles. The second kappa shape index (κ2) is 8.20. The molecule has 1 fully saturated rings. The van der Waals surface area contributed by atoms with Crippen LogP contribution in [0.1, 0.15) is 19.8 Å². The van der Waals surface area contributed by atoms with Crippen molar-refractivity contribution in [1.82, 2.24) is 14.8 Å². The zero-order valence-electron chi connectivity index (χ0n) is 16.4. The highest BCUT2D eigenvalue weighted by molar-refractivity contribution is 7.22. The van der Waals surface area contributed by atoms with Crippen molar-refractivity contribution < 1.29 is 9.53 Å². The van der Waals surface area contributed by atoms with E-state index in [9.17, 15) is 9.59 Å². The number of rotatable bonds is 5. The van der Waals surface area contributed by atoms with Crippen molar-refractivity contribution in [2.75, 3.05) is 30.4 Å². The minimum atomic E-state index is -0.338. The molecule has 0 saturated carbocycles. The lowest BCUT2D eigenvalue weighted by Gasteiger charge is -2.31. The summed E-state index contributed by atoms with van der Waals surface area (Å²) in [5.41, 5.74) is 0.478. The minimum Gasteiger partial charge on any atom is -0.497 e. The molecule has 4 rings (SSSR count). The number of thiazole rings is 1. The highest BCUT2D eigenvalue weighted by Crippen LogP contribution is 2.29. The van der Waals surface area contributed by atoms with Gasteiger partial charge in [0.25, 0.3) is 5.56 Å². The molecule has 1 aliphatic rings. The van der Waals surface area contributed by atoms with Gasteiger partial charge in [0.15, 0.2) is 5.13 Å². The van der Waals surface area contributed by atoms with Crippen molar-refractivity contribution in [2.24, 2.45) is 5.92 Å². The molecule has 0 atom stereocenters. The quantitative estimate of drug-likeness (QED) is 0.692. The van der Waals surface area contributed by atoms with E-state index >= 15 is 0 Å². The molecule has 1 saturated heterocycles. The summed E-state index contributed by atoms with van der Waals surface area (Å²) in [6.07, 6.45) is 2.20. The molecule has 0 aliphatic carbocycles. The summed E-state index contributed by atoms with van der Waals surface area (Å²) in [6, 6.07) is 8.74. The molecule has 29 heavy (non-hydrogen) atoms. The van der Waals surface area contributed by atoms with Crippen molar-refractivity contribution in [3.05, 3.63) is 40.7 Å². The van der Waals surface area contributed by atoms with E-state index in [1.165, 1.54) is 22.1 Å². The molecule has 0 bridgehead atoms. The predicted octanol–water partition coefficient (Wildman–Crippen LogP) is 2.74. The first-order valence-electron chi connectivity index (χ1n) is 9.59. The Morgan fingerprint density at radius 3 is 2.83 bits per heavy atom. The van der Waals surface area contributed by atoms with Gasteiger partial charge in [-0.3, -0.25) is 9.59 Å². The smallest absolute Gasteiger partial charge is 0.267 e. The predicted molar refractivity (Wildman–Crippen MR) is 114 cm³/mol. The number of nitrogens with zero attached hydrogens (tertiary/aromatic N) is 4. The van der Waals surface area contributed by atoms with Gasteiger partial charge in [-0.15, -0.1) is 0 Å². The van der Waals surface area contributed by atoms with Gasteiger partial charge >= 0.3 is 0 Å². The number of fused-ring (bicyclic) bond motifs is 1. The maximum Gasteiger partial charge on any atom is 0.267 e. The third-order valence-corrected chi connectivity index (χ3v) is 6.03. The molecule has 0 spiro atoms. The lowest BCUT2D eigenvalue weighted by atomic mass is 9.99. The summed E-state index contributed by atoms with van der Waals surface area (Å²) < 4.78 is 7.33. The number of carbonyl (C=O) groups excluding carboxylic acids is 1. The SMILES string of the molecule is COc1ccc2nc(NC(=O)Cn3nc(N4CCC(C)CC4)ccc3=O)sc2c1. The molecular weight excluding hydrogens is 390 g/mol. The molecule has 3 aromatic rings. The molecule has 1 amide bonds. The van der Waals surface area contributed by atoms with Crippen LogP contribution in [0.2, 0.25) is 0 Å². The van der Waals surface area contributed by atoms with Crippen molar-refractivity contribution >= 4 is 38.4 Å². The van der Waals surface area contributed by atoms with Crippen LogP contribution >= 0.6 is 11.3 Å². The summed E-state index contributed by atoms with van der Waals surface area (Å²) in [7, 11) is 1.61. The average molecular weight is 414 g/mol. The number of anilines is 2. The van der Waals surface area contributed by atoms with E-state index in [1.807, 2.05) is 18.2 Å². The number of benzene rings is 1. The highest BCUT2D eigenvalue weighted by Gasteiger charge is 2.18. The van der Waals surface area contributed by atoms with Gasteiger partial charge in [-0.25, -0.2) is 9.67 Å². The highest BCUT2D eigenvalue weighted by atomic mass is 32.1. The molecule has 1 N–H and O–H groups in total. The van der Waals surface area contributed by atoms with E-state index in [2.05, 4.69) is 27.2 Å². The number of carbonyl (C=O) groups is 1. The standard InChI is InChI=1S/C20H23N5O3S/c1-13-7-9-24(10-8-13)17-5-6-19(27)25(23-17)12-18(26)22-20-21-15-4-3-14(28-2)11-16(15)29-20/h3-6,11,13H,7-10,12H2,1-2H3,(H,21,22,26). The van der Waals surface area contributed by atoms with Gasteiger partial charge in [0.1, 0.15) is 18.1 Å². The number of nitrogens with one attached hydrogen (secondary N) is 1. The number of piperidine rings is 1. The molecule has 8 nitrogen and oxygen atoms in total. The van der Waals surface area contributed by atoms with Gasteiger partial charge in [0, 0.05) is 19.2 Å². The van der Waals surface area contributed by atoms with Crippen LogP contribution in [0, 0.1) is 5.92 Å².